The van der Waals surface area contributed by atoms with E-state index in [0.717, 1.165) is 53.1 Å². The van der Waals surface area contributed by atoms with Crippen LogP contribution in [0, 0.1) is 5.92 Å². The van der Waals surface area contributed by atoms with Crippen molar-refractivity contribution >= 4 is 37.6 Å². The van der Waals surface area contributed by atoms with Crippen molar-refractivity contribution < 1.29 is 0 Å². The molecular formula is C19H25N5S. The Bertz CT molecular complexity index is 915. The van der Waals surface area contributed by atoms with Crippen molar-refractivity contribution in [3.8, 4) is 0 Å². The van der Waals surface area contributed by atoms with Crippen LogP contribution in [0.3, 0.4) is 0 Å². The number of aryl methyl sites for hydroxylation is 1. The van der Waals surface area contributed by atoms with E-state index < -0.39 is 0 Å². The van der Waals surface area contributed by atoms with E-state index in [1.165, 1.54) is 28.6 Å². The highest BCUT2D eigenvalue weighted by molar-refractivity contribution is 7.26. The quantitative estimate of drug-likeness (QED) is 0.660. The molecule has 3 N–H and O–H groups in total. The van der Waals surface area contributed by atoms with E-state index in [1.807, 2.05) is 0 Å². The highest BCUT2D eigenvalue weighted by Crippen LogP contribution is 2.41. The molecule has 0 radical (unpaired) electrons. The first-order valence-corrected chi connectivity index (χ1v) is 10.0. The number of hydrogen-bond acceptors (Lipinski definition) is 6. The number of thiophene rings is 1. The Morgan fingerprint density at radius 3 is 2.88 bits per heavy atom. The number of fused-ring (bicyclic) bond motifs is 5. The fourth-order valence-corrected chi connectivity index (χ4v) is 4.91. The first-order chi connectivity index (χ1) is 12.2. The molecule has 0 saturated heterocycles. The Hall–Kier alpha value is -1.79. The molecule has 0 atom stereocenters. The summed E-state index contributed by atoms with van der Waals surface area (Å²) in [5, 5.41) is 4.68. The Morgan fingerprint density at radius 2 is 2.08 bits per heavy atom. The predicted octanol–water partition coefficient (Wildman–Crippen LogP) is 3.69. The van der Waals surface area contributed by atoms with Gasteiger partial charge in [0, 0.05) is 17.6 Å². The zero-order chi connectivity index (χ0) is 17.4. The molecule has 5 nitrogen and oxygen atoms in total. The van der Waals surface area contributed by atoms with Crippen LogP contribution in [0.15, 0.2) is 6.33 Å². The highest BCUT2D eigenvalue weighted by atomic mass is 32.1. The normalized spacial score (nSPS) is 13.9. The molecule has 0 bridgehead atoms. The number of pyridine rings is 1. The molecule has 1 aliphatic carbocycles. The number of anilines is 1. The second-order valence-electron chi connectivity index (χ2n) is 7.22. The summed E-state index contributed by atoms with van der Waals surface area (Å²) in [6.45, 7) is 6.05. The number of nitrogens with one attached hydrogen (secondary N) is 1. The molecule has 3 heterocycles. The van der Waals surface area contributed by atoms with Gasteiger partial charge in [-0.2, -0.15) is 0 Å². The van der Waals surface area contributed by atoms with E-state index in [9.17, 15) is 0 Å². The Balaban J connectivity index is 1.89. The summed E-state index contributed by atoms with van der Waals surface area (Å²) in [5.74, 6) is 1.54. The van der Waals surface area contributed by atoms with Crippen molar-refractivity contribution in [2.45, 2.75) is 46.0 Å². The van der Waals surface area contributed by atoms with Crippen molar-refractivity contribution in [1.29, 1.82) is 0 Å². The average molecular weight is 356 g/mol. The van der Waals surface area contributed by atoms with Crippen molar-refractivity contribution in [3.63, 3.8) is 0 Å². The van der Waals surface area contributed by atoms with Crippen LogP contribution in [0.1, 0.15) is 43.5 Å². The molecule has 0 saturated carbocycles. The molecule has 0 aromatic carbocycles. The monoisotopic (exact) mass is 355 g/mol. The van der Waals surface area contributed by atoms with Crippen LogP contribution in [0.4, 0.5) is 5.82 Å². The summed E-state index contributed by atoms with van der Waals surface area (Å²) in [5.41, 5.74) is 10.9. The minimum atomic E-state index is 0.623. The van der Waals surface area contributed by atoms with Gasteiger partial charge in [-0.05, 0) is 55.7 Å². The van der Waals surface area contributed by atoms with Crippen LogP contribution in [0.2, 0.25) is 0 Å². The molecule has 132 valence electrons. The van der Waals surface area contributed by atoms with Crippen LogP contribution < -0.4 is 11.1 Å². The van der Waals surface area contributed by atoms with Crippen molar-refractivity contribution in [3.05, 3.63) is 23.1 Å². The fourth-order valence-electron chi connectivity index (χ4n) is 3.77. The van der Waals surface area contributed by atoms with E-state index >= 15 is 0 Å². The molecule has 0 aliphatic heterocycles. The van der Waals surface area contributed by atoms with Crippen LogP contribution in [0.5, 0.6) is 0 Å². The van der Waals surface area contributed by atoms with E-state index in [4.69, 9.17) is 10.7 Å². The molecule has 4 rings (SSSR count). The largest absolute Gasteiger partial charge is 0.369 e. The van der Waals surface area contributed by atoms with Gasteiger partial charge in [-0.3, -0.25) is 0 Å². The third-order valence-electron chi connectivity index (χ3n) is 4.83. The van der Waals surface area contributed by atoms with Crippen LogP contribution in [-0.2, 0) is 19.3 Å². The molecule has 0 unspecified atom stereocenters. The first-order valence-electron chi connectivity index (χ1n) is 9.20. The number of rotatable bonds is 6. The lowest BCUT2D eigenvalue weighted by Crippen LogP contribution is -2.09. The van der Waals surface area contributed by atoms with Crippen LogP contribution >= 0.6 is 11.3 Å². The van der Waals surface area contributed by atoms with Gasteiger partial charge in [-0.15, -0.1) is 11.3 Å². The second-order valence-corrected chi connectivity index (χ2v) is 8.22. The lowest BCUT2D eigenvalue weighted by Gasteiger charge is -2.11. The topological polar surface area (TPSA) is 76.7 Å². The van der Waals surface area contributed by atoms with Crippen molar-refractivity contribution in [2.75, 3.05) is 18.4 Å². The molecule has 0 fully saturated rings. The Labute approximate surface area is 152 Å². The van der Waals surface area contributed by atoms with E-state index in [2.05, 4.69) is 29.1 Å². The third-order valence-corrected chi connectivity index (χ3v) is 5.91. The summed E-state index contributed by atoms with van der Waals surface area (Å²) in [6.07, 6.45) is 7.19. The second kappa shape index (κ2) is 6.84. The van der Waals surface area contributed by atoms with Crippen molar-refractivity contribution in [1.82, 2.24) is 15.0 Å². The SMILES string of the molecule is CC(C)Cc1nc2sc3c(NCCCN)ncnc3c2c2c1CCC2. The first kappa shape index (κ1) is 16.7. The van der Waals surface area contributed by atoms with E-state index in [-0.39, 0.29) is 0 Å². The number of aromatic nitrogens is 3. The minimum absolute atomic E-state index is 0.623. The van der Waals surface area contributed by atoms with Gasteiger partial charge < -0.3 is 11.1 Å². The highest BCUT2D eigenvalue weighted by Gasteiger charge is 2.24. The third kappa shape index (κ3) is 2.98. The van der Waals surface area contributed by atoms with Gasteiger partial charge in [-0.1, -0.05) is 13.8 Å². The van der Waals surface area contributed by atoms with E-state index in [0.29, 0.717) is 12.5 Å². The summed E-state index contributed by atoms with van der Waals surface area (Å²) >= 11 is 1.72. The molecule has 25 heavy (non-hydrogen) atoms. The molecule has 0 spiro atoms. The van der Waals surface area contributed by atoms with Gasteiger partial charge >= 0.3 is 0 Å². The summed E-state index contributed by atoms with van der Waals surface area (Å²) in [7, 11) is 0. The Morgan fingerprint density at radius 1 is 1.24 bits per heavy atom. The maximum Gasteiger partial charge on any atom is 0.147 e. The number of nitrogens with zero attached hydrogens (tertiary/aromatic N) is 3. The lowest BCUT2D eigenvalue weighted by atomic mass is 9.99. The Kier molecular flexibility index (Phi) is 4.56. The van der Waals surface area contributed by atoms with Gasteiger partial charge in [0.05, 0.1) is 10.2 Å². The van der Waals surface area contributed by atoms with Crippen LogP contribution in [-0.4, -0.2) is 28.0 Å². The molecule has 3 aromatic rings. The molecule has 1 aliphatic rings. The zero-order valence-corrected chi connectivity index (χ0v) is 15.7. The molecule has 3 aromatic heterocycles. The van der Waals surface area contributed by atoms with Gasteiger partial charge in [0.25, 0.3) is 0 Å². The van der Waals surface area contributed by atoms with Gasteiger partial charge in [0.1, 0.15) is 17.0 Å². The number of nitrogens with two attached hydrogens (primary N) is 1. The lowest BCUT2D eigenvalue weighted by molar-refractivity contribution is 0.632. The average Bonchev–Trinajstić information content (AvgIpc) is 3.18. The van der Waals surface area contributed by atoms with Gasteiger partial charge in [0.2, 0.25) is 0 Å². The predicted molar refractivity (Wildman–Crippen MR) is 105 cm³/mol. The van der Waals surface area contributed by atoms with E-state index in [1.54, 1.807) is 17.7 Å². The number of hydrogen-bond donors (Lipinski definition) is 2. The van der Waals surface area contributed by atoms with Gasteiger partial charge in [-0.25, -0.2) is 15.0 Å². The standard InChI is InChI=1S/C19H25N5S/c1-11(2)9-14-12-5-3-6-13(12)15-16-17(25-19(15)24-14)18(23-10-22-16)21-8-4-7-20/h10-11H,3-9,20H2,1-2H3,(H,21,22,23). The van der Waals surface area contributed by atoms with Crippen LogP contribution in [0.25, 0.3) is 20.4 Å². The summed E-state index contributed by atoms with van der Waals surface area (Å²) in [6, 6.07) is 0. The summed E-state index contributed by atoms with van der Waals surface area (Å²) in [4.78, 5) is 15.3. The van der Waals surface area contributed by atoms with Gasteiger partial charge in [0.15, 0.2) is 0 Å². The summed E-state index contributed by atoms with van der Waals surface area (Å²) < 4.78 is 1.12. The maximum absolute atomic E-state index is 5.60. The maximum atomic E-state index is 5.60. The molecular weight excluding hydrogens is 330 g/mol. The zero-order valence-electron chi connectivity index (χ0n) is 14.9. The molecule has 6 heteroatoms. The van der Waals surface area contributed by atoms with Crippen molar-refractivity contribution in [2.24, 2.45) is 11.7 Å². The fraction of sp³-hybridized carbons (Fsp3) is 0.526. The minimum Gasteiger partial charge on any atom is -0.369 e. The molecule has 0 amide bonds. The smallest absolute Gasteiger partial charge is 0.147 e.